The molecule has 0 bridgehead atoms. The van der Waals surface area contributed by atoms with Crippen LogP contribution in [0.4, 0.5) is 13.2 Å². The van der Waals surface area contributed by atoms with Crippen molar-refractivity contribution in [2.24, 2.45) is 16.8 Å². The number of carbonyl (C=O) groups is 1. The van der Waals surface area contributed by atoms with Crippen LogP contribution in [0.15, 0.2) is 47.9 Å². The van der Waals surface area contributed by atoms with Gasteiger partial charge in [0.2, 0.25) is 0 Å². The van der Waals surface area contributed by atoms with Crippen LogP contribution in [0.3, 0.4) is 0 Å². The van der Waals surface area contributed by atoms with E-state index in [4.69, 9.17) is 0 Å². The first-order chi connectivity index (χ1) is 17.2. The zero-order valence-electron chi connectivity index (χ0n) is 20.5. The fourth-order valence-corrected chi connectivity index (χ4v) is 5.42. The molecule has 0 N–H and O–H groups in total. The Balaban J connectivity index is 1.35. The van der Waals surface area contributed by atoms with Crippen molar-refractivity contribution in [1.82, 2.24) is 14.4 Å². The van der Waals surface area contributed by atoms with Crippen molar-refractivity contribution in [3.63, 3.8) is 0 Å². The molecule has 36 heavy (non-hydrogen) atoms. The number of alkyl halides is 3. The number of imidazole rings is 1. The van der Waals surface area contributed by atoms with Crippen molar-refractivity contribution < 1.29 is 18.0 Å². The number of aromatic nitrogens is 3. The van der Waals surface area contributed by atoms with Gasteiger partial charge in [0, 0.05) is 36.4 Å². The van der Waals surface area contributed by atoms with E-state index >= 15 is 0 Å². The number of aliphatic imine (C=N–C) groups is 1. The molecule has 2 aliphatic rings. The van der Waals surface area contributed by atoms with Crippen LogP contribution < -0.4 is 0 Å². The maximum absolute atomic E-state index is 13.4. The van der Waals surface area contributed by atoms with Gasteiger partial charge in [0.05, 0.1) is 24.1 Å². The third-order valence-electron chi connectivity index (χ3n) is 7.42. The number of fused-ring (bicyclic) bond motifs is 1. The van der Waals surface area contributed by atoms with E-state index in [1.165, 1.54) is 25.1 Å². The van der Waals surface area contributed by atoms with Crippen LogP contribution in [0, 0.1) is 18.8 Å². The summed E-state index contributed by atoms with van der Waals surface area (Å²) in [5.41, 5.74) is 3.33. The van der Waals surface area contributed by atoms with Crippen LogP contribution in [0.25, 0.3) is 11.2 Å². The molecule has 0 saturated heterocycles. The van der Waals surface area contributed by atoms with Gasteiger partial charge < -0.3 is 0 Å². The molecule has 0 unspecified atom stereocenters. The summed E-state index contributed by atoms with van der Waals surface area (Å²) >= 11 is 0. The SMILES string of the molecule is Cc1cc(Cc2nccn3c(C4=CCN=C4C(F)(F)F)cnc23)ccc1C(=O)C[C@H]1CC[C@H](C)CC1. The van der Waals surface area contributed by atoms with E-state index in [0.717, 1.165) is 35.4 Å². The Morgan fingerprint density at radius 1 is 1.14 bits per heavy atom. The summed E-state index contributed by atoms with van der Waals surface area (Å²) in [7, 11) is 0. The minimum absolute atomic E-state index is 0.000431. The van der Waals surface area contributed by atoms with Gasteiger partial charge in [0.15, 0.2) is 11.4 Å². The zero-order chi connectivity index (χ0) is 25.4. The standard InChI is InChI=1S/C28H29F3N4O/c1-17-3-5-19(6-4-17)15-25(36)21-8-7-20(13-18(21)2)14-23-27-34-16-24(35(27)12-11-32-23)22-9-10-33-26(22)28(29,30)31/h7-9,11-13,16-17,19H,3-6,10,14-15H2,1-2H3/t17-,19-. The number of allylic oxidation sites excluding steroid dienone is 1. The average Bonchev–Trinajstić information content (AvgIpc) is 3.48. The van der Waals surface area contributed by atoms with Gasteiger partial charge in [-0.2, -0.15) is 13.2 Å². The van der Waals surface area contributed by atoms with Gasteiger partial charge in [0.1, 0.15) is 5.71 Å². The highest BCUT2D eigenvalue weighted by molar-refractivity contribution is 6.27. The van der Waals surface area contributed by atoms with E-state index < -0.39 is 11.9 Å². The van der Waals surface area contributed by atoms with Crippen molar-refractivity contribution in [3.8, 4) is 0 Å². The van der Waals surface area contributed by atoms with Crippen molar-refractivity contribution >= 4 is 22.7 Å². The Labute approximate surface area is 208 Å². The van der Waals surface area contributed by atoms with E-state index in [0.29, 0.717) is 35.8 Å². The molecular formula is C28H29F3N4O. The smallest absolute Gasteiger partial charge is 0.297 e. The minimum atomic E-state index is -4.52. The summed E-state index contributed by atoms with van der Waals surface area (Å²) in [6.45, 7) is 4.23. The average molecular weight is 495 g/mol. The predicted octanol–water partition coefficient (Wildman–Crippen LogP) is 6.43. The summed E-state index contributed by atoms with van der Waals surface area (Å²) < 4.78 is 41.9. The maximum Gasteiger partial charge on any atom is 0.433 e. The van der Waals surface area contributed by atoms with Crippen LogP contribution in [0.2, 0.25) is 0 Å². The molecule has 1 aromatic carbocycles. The Kier molecular flexibility index (Phi) is 6.53. The molecular weight excluding hydrogens is 465 g/mol. The molecule has 0 atom stereocenters. The number of Topliss-reactive ketones (excluding diaryl/α,β-unsaturated/α-hetero) is 1. The molecule has 188 valence electrons. The minimum Gasteiger partial charge on any atom is -0.297 e. The fraction of sp³-hybridized carbons (Fsp3) is 0.429. The highest BCUT2D eigenvalue weighted by Crippen LogP contribution is 2.33. The Morgan fingerprint density at radius 3 is 2.64 bits per heavy atom. The molecule has 5 rings (SSSR count). The van der Waals surface area contributed by atoms with Gasteiger partial charge in [-0.1, -0.05) is 44.0 Å². The molecule has 1 aliphatic heterocycles. The Bertz CT molecular complexity index is 1360. The molecule has 3 heterocycles. The summed E-state index contributed by atoms with van der Waals surface area (Å²) in [5.74, 6) is 1.43. The van der Waals surface area contributed by atoms with Crippen LogP contribution in [0.1, 0.15) is 71.9 Å². The normalized spacial score (nSPS) is 20.5. The lowest BCUT2D eigenvalue weighted by Crippen LogP contribution is -2.23. The number of benzene rings is 1. The van der Waals surface area contributed by atoms with Crippen molar-refractivity contribution in [2.45, 2.75) is 58.5 Å². The Morgan fingerprint density at radius 2 is 1.92 bits per heavy atom. The summed E-state index contributed by atoms with van der Waals surface area (Å²) in [5, 5.41) is 0. The van der Waals surface area contributed by atoms with E-state index in [1.54, 1.807) is 16.8 Å². The quantitative estimate of drug-likeness (QED) is 0.371. The lowest BCUT2D eigenvalue weighted by Gasteiger charge is -2.25. The van der Waals surface area contributed by atoms with Crippen LogP contribution >= 0.6 is 0 Å². The topological polar surface area (TPSA) is 59.6 Å². The molecule has 1 fully saturated rings. The zero-order valence-corrected chi connectivity index (χ0v) is 20.5. The van der Waals surface area contributed by atoms with Crippen molar-refractivity contribution in [3.05, 3.63) is 70.9 Å². The van der Waals surface area contributed by atoms with Gasteiger partial charge in [-0.25, -0.2) is 4.98 Å². The molecule has 0 radical (unpaired) electrons. The number of aryl methyl sites for hydroxylation is 1. The highest BCUT2D eigenvalue weighted by Gasteiger charge is 2.40. The summed E-state index contributed by atoms with van der Waals surface area (Å²) in [4.78, 5) is 25.4. The molecule has 3 aromatic rings. The lowest BCUT2D eigenvalue weighted by molar-refractivity contribution is -0.0571. The number of carbonyl (C=O) groups excluding carboxylic acids is 1. The first-order valence-corrected chi connectivity index (χ1v) is 12.5. The monoisotopic (exact) mass is 494 g/mol. The second-order valence-electron chi connectivity index (χ2n) is 10.1. The lowest BCUT2D eigenvalue weighted by atomic mass is 9.80. The number of halogens is 3. The molecule has 0 amide bonds. The molecule has 2 aromatic heterocycles. The largest absolute Gasteiger partial charge is 0.433 e. The third kappa shape index (κ3) is 4.86. The Hall–Kier alpha value is -3.29. The summed E-state index contributed by atoms with van der Waals surface area (Å²) in [6.07, 6.45) is 7.29. The van der Waals surface area contributed by atoms with Gasteiger partial charge in [-0.15, -0.1) is 0 Å². The molecule has 1 aliphatic carbocycles. The van der Waals surface area contributed by atoms with Gasteiger partial charge in [0.25, 0.3) is 0 Å². The third-order valence-corrected chi connectivity index (χ3v) is 7.42. The van der Waals surface area contributed by atoms with E-state index in [9.17, 15) is 18.0 Å². The first kappa shape index (κ1) is 24.4. The van der Waals surface area contributed by atoms with E-state index in [2.05, 4.69) is 21.9 Å². The molecule has 1 saturated carbocycles. The van der Waals surface area contributed by atoms with Crippen molar-refractivity contribution in [2.75, 3.05) is 6.54 Å². The molecule has 0 spiro atoms. The first-order valence-electron chi connectivity index (χ1n) is 12.5. The molecule has 8 heteroatoms. The van der Waals surface area contributed by atoms with Crippen LogP contribution in [-0.4, -0.2) is 38.6 Å². The number of rotatable bonds is 6. The van der Waals surface area contributed by atoms with Gasteiger partial charge in [-0.3, -0.25) is 19.2 Å². The van der Waals surface area contributed by atoms with Crippen LogP contribution in [-0.2, 0) is 6.42 Å². The van der Waals surface area contributed by atoms with Gasteiger partial charge in [-0.05, 0) is 42.7 Å². The van der Waals surface area contributed by atoms with E-state index in [-0.39, 0.29) is 17.9 Å². The number of hydrogen-bond donors (Lipinski definition) is 0. The summed E-state index contributed by atoms with van der Waals surface area (Å²) in [6, 6.07) is 5.83. The molecule has 5 nitrogen and oxygen atoms in total. The van der Waals surface area contributed by atoms with E-state index in [1.807, 2.05) is 25.1 Å². The highest BCUT2D eigenvalue weighted by atomic mass is 19.4. The second-order valence-corrected chi connectivity index (χ2v) is 10.1. The van der Waals surface area contributed by atoms with Crippen molar-refractivity contribution in [1.29, 1.82) is 0 Å². The second kappa shape index (κ2) is 9.64. The number of ketones is 1. The predicted molar refractivity (Wildman–Crippen MR) is 133 cm³/mol. The number of nitrogens with zero attached hydrogens (tertiary/aromatic N) is 4. The number of hydrogen-bond acceptors (Lipinski definition) is 4. The fourth-order valence-electron chi connectivity index (χ4n) is 5.42. The maximum atomic E-state index is 13.4. The van der Waals surface area contributed by atoms with Gasteiger partial charge >= 0.3 is 6.18 Å². The van der Waals surface area contributed by atoms with Crippen LogP contribution in [0.5, 0.6) is 0 Å².